The molecule has 0 radical (unpaired) electrons. The Morgan fingerprint density at radius 1 is 1.29 bits per heavy atom. The Kier molecular flexibility index (Phi) is 3.45. The van der Waals surface area contributed by atoms with E-state index in [1.165, 1.54) is 0 Å². The largest absolute Gasteiger partial charge is 0.318 e. The number of nitrogens with zero attached hydrogens (tertiary/aromatic N) is 3. The van der Waals surface area contributed by atoms with Crippen molar-refractivity contribution in [3.8, 4) is 0 Å². The first-order valence-corrected chi connectivity index (χ1v) is 5.88. The summed E-state index contributed by atoms with van der Waals surface area (Å²) in [5.41, 5.74) is 7.06. The van der Waals surface area contributed by atoms with Crippen LogP contribution in [0.3, 0.4) is 0 Å². The van der Waals surface area contributed by atoms with Gasteiger partial charge in [0, 0.05) is 11.1 Å². The number of nitrogens with two attached hydrogens (primary N) is 1. The van der Waals surface area contributed by atoms with E-state index >= 15 is 0 Å². The molecule has 0 aliphatic heterocycles. The number of halogens is 1. The zero-order valence-corrected chi connectivity index (χ0v) is 10.6. The highest BCUT2D eigenvalue weighted by molar-refractivity contribution is 6.31. The molecule has 0 saturated heterocycles. The van der Waals surface area contributed by atoms with Crippen LogP contribution in [0.5, 0.6) is 0 Å². The first-order chi connectivity index (χ1) is 8.11. The van der Waals surface area contributed by atoms with E-state index in [9.17, 15) is 0 Å². The topological polar surface area (TPSA) is 56.7 Å². The normalized spacial score (nSPS) is 13.0. The summed E-state index contributed by atoms with van der Waals surface area (Å²) in [5, 5.41) is 8.64. The highest BCUT2D eigenvalue weighted by Gasteiger charge is 2.18. The number of aromatic nitrogens is 3. The number of hydrogen-bond donors (Lipinski definition) is 1. The summed E-state index contributed by atoms with van der Waals surface area (Å²) < 4.78 is 1.95. The third-order valence-corrected chi connectivity index (χ3v) is 3.02. The molecule has 0 spiro atoms. The van der Waals surface area contributed by atoms with E-state index in [0.29, 0.717) is 5.02 Å². The molecule has 90 valence electrons. The lowest BCUT2D eigenvalue weighted by Gasteiger charge is -2.16. The van der Waals surface area contributed by atoms with Crippen LogP contribution in [0.2, 0.25) is 5.02 Å². The lowest BCUT2D eigenvalue weighted by atomic mass is 10.1. The molecule has 1 atom stereocenters. The first-order valence-electron chi connectivity index (χ1n) is 5.50. The summed E-state index contributed by atoms with van der Waals surface area (Å²) in [6.45, 7) is 4.12. The van der Waals surface area contributed by atoms with Gasteiger partial charge < -0.3 is 10.3 Å². The maximum absolute atomic E-state index is 6.19. The van der Waals surface area contributed by atoms with Gasteiger partial charge >= 0.3 is 0 Å². The van der Waals surface area contributed by atoms with Gasteiger partial charge in [0.15, 0.2) is 5.82 Å². The van der Waals surface area contributed by atoms with Crippen LogP contribution in [0, 0.1) is 0 Å². The van der Waals surface area contributed by atoms with Gasteiger partial charge in [0.1, 0.15) is 6.33 Å². The summed E-state index contributed by atoms with van der Waals surface area (Å²) in [6.07, 6.45) is 1.69. The third kappa shape index (κ3) is 2.33. The molecule has 0 amide bonds. The van der Waals surface area contributed by atoms with Gasteiger partial charge in [-0.1, -0.05) is 29.8 Å². The third-order valence-electron chi connectivity index (χ3n) is 2.68. The summed E-state index contributed by atoms with van der Waals surface area (Å²) in [5.74, 6) is 0.730. The Morgan fingerprint density at radius 2 is 2.00 bits per heavy atom. The molecule has 0 fully saturated rings. The lowest BCUT2D eigenvalue weighted by molar-refractivity contribution is 0.552. The minimum absolute atomic E-state index is 0.272. The molecule has 1 aromatic heterocycles. The van der Waals surface area contributed by atoms with Gasteiger partial charge in [-0.25, -0.2) is 0 Å². The van der Waals surface area contributed by atoms with Crippen LogP contribution in [-0.2, 0) is 0 Å². The van der Waals surface area contributed by atoms with Gasteiger partial charge in [-0.05, 0) is 25.5 Å². The van der Waals surface area contributed by atoms with Crippen LogP contribution in [0.1, 0.15) is 37.3 Å². The molecule has 0 saturated carbocycles. The van der Waals surface area contributed by atoms with Crippen LogP contribution in [0.25, 0.3) is 0 Å². The van der Waals surface area contributed by atoms with Crippen molar-refractivity contribution in [3.63, 3.8) is 0 Å². The molecule has 0 unspecified atom stereocenters. The van der Waals surface area contributed by atoms with Crippen LogP contribution in [0.4, 0.5) is 0 Å². The van der Waals surface area contributed by atoms with E-state index in [1.807, 2.05) is 28.8 Å². The fourth-order valence-corrected chi connectivity index (χ4v) is 1.99. The van der Waals surface area contributed by atoms with Crippen molar-refractivity contribution in [2.45, 2.75) is 25.9 Å². The second kappa shape index (κ2) is 4.85. The van der Waals surface area contributed by atoms with Crippen molar-refractivity contribution in [1.82, 2.24) is 14.8 Å². The van der Waals surface area contributed by atoms with Crippen molar-refractivity contribution < 1.29 is 0 Å². The van der Waals surface area contributed by atoms with Crippen molar-refractivity contribution in [1.29, 1.82) is 0 Å². The van der Waals surface area contributed by atoms with Crippen LogP contribution in [-0.4, -0.2) is 14.8 Å². The zero-order chi connectivity index (χ0) is 12.4. The number of hydrogen-bond acceptors (Lipinski definition) is 3. The monoisotopic (exact) mass is 250 g/mol. The van der Waals surface area contributed by atoms with E-state index in [-0.39, 0.29) is 12.1 Å². The molecule has 5 heteroatoms. The maximum atomic E-state index is 6.19. The Hall–Kier alpha value is -1.39. The summed E-state index contributed by atoms with van der Waals surface area (Å²) in [7, 11) is 0. The Bertz CT molecular complexity index is 507. The Labute approximate surface area is 105 Å². The summed E-state index contributed by atoms with van der Waals surface area (Å²) in [6, 6.07) is 7.45. The standard InChI is InChI=1S/C12H15ClN4/c1-8(2)17-7-15-16-12(17)11(14)9-5-3-4-6-10(9)13/h3-8,11H,14H2,1-2H3/t11-/m1/s1. The zero-order valence-electron chi connectivity index (χ0n) is 9.84. The SMILES string of the molecule is CC(C)n1cnnc1[C@H](N)c1ccccc1Cl. The average Bonchev–Trinajstić information content (AvgIpc) is 2.77. The Balaban J connectivity index is 2.41. The van der Waals surface area contributed by atoms with Crippen molar-refractivity contribution in [2.24, 2.45) is 5.73 Å². The summed E-state index contributed by atoms with van der Waals surface area (Å²) in [4.78, 5) is 0. The van der Waals surface area contributed by atoms with E-state index in [4.69, 9.17) is 17.3 Å². The molecular weight excluding hydrogens is 236 g/mol. The molecule has 0 aliphatic rings. The smallest absolute Gasteiger partial charge is 0.154 e. The van der Waals surface area contributed by atoms with Crippen LogP contribution >= 0.6 is 11.6 Å². The Morgan fingerprint density at radius 3 is 2.65 bits per heavy atom. The minimum atomic E-state index is -0.353. The molecule has 2 rings (SSSR count). The highest BCUT2D eigenvalue weighted by atomic mass is 35.5. The van der Waals surface area contributed by atoms with Gasteiger partial charge in [0.05, 0.1) is 6.04 Å². The van der Waals surface area contributed by atoms with Gasteiger partial charge in [-0.15, -0.1) is 10.2 Å². The average molecular weight is 251 g/mol. The van der Waals surface area contributed by atoms with Crippen molar-refractivity contribution in [3.05, 3.63) is 47.0 Å². The second-order valence-electron chi connectivity index (χ2n) is 4.19. The predicted molar refractivity (Wildman–Crippen MR) is 67.9 cm³/mol. The van der Waals surface area contributed by atoms with E-state index in [2.05, 4.69) is 24.0 Å². The molecule has 2 N–H and O–H groups in total. The van der Waals surface area contributed by atoms with Crippen LogP contribution in [0.15, 0.2) is 30.6 Å². The molecule has 17 heavy (non-hydrogen) atoms. The fraction of sp³-hybridized carbons (Fsp3) is 0.333. The molecule has 2 aromatic rings. The van der Waals surface area contributed by atoms with Crippen molar-refractivity contribution in [2.75, 3.05) is 0 Å². The van der Waals surface area contributed by atoms with Gasteiger partial charge in [0.2, 0.25) is 0 Å². The quantitative estimate of drug-likeness (QED) is 0.911. The second-order valence-corrected chi connectivity index (χ2v) is 4.60. The van der Waals surface area contributed by atoms with E-state index in [0.717, 1.165) is 11.4 Å². The highest BCUT2D eigenvalue weighted by Crippen LogP contribution is 2.26. The van der Waals surface area contributed by atoms with E-state index < -0.39 is 0 Å². The first kappa shape index (κ1) is 12.1. The van der Waals surface area contributed by atoms with Gasteiger partial charge in [0.25, 0.3) is 0 Å². The fourth-order valence-electron chi connectivity index (χ4n) is 1.74. The predicted octanol–water partition coefficient (Wildman–Crippen LogP) is 2.56. The van der Waals surface area contributed by atoms with Gasteiger partial charge in [-0.3, -0.25) is 0 Å². The van der Waals surface area contributed by atoms with Crippen molar-refractivity contribution >= 4 is 11.6 Å². The van der Waals surface area contributed by atoms with Crippen LogP contribution < -0.4 is 5.73 Å². The lowest BCUT2D eigenvalue weighted by Crippen LogP contribution is -2.19. The molecule has 4 nitrogen and oxygen atoms in total. The summed E-state index contributed by atoms with van der Waals surface area (Å²) >= 11 is 6.13. The number of benzene rings is 1. The molecular formula is C12H15ClN4. The van der Waals surface area contributed by atoms with E-state index in [1.54, 1.807) is 6.33 Å². The maximum Gasteiger partial charge on any atom is 0.154 e. The molecule has 1 aromatic carbocycles. The molecule has 0 aliphatic carbocycles. The minimum Gasteiger partial charge on any atom is -0.318 e. The number of rotatable bonds is 3. The van der Waals surface area contributed by atoms with Gasteiger partial charge in [-0.2, -0.15) is 0 Å². The molecule has 1 heterocycles. The molecule has 0 bridgehead atoms.